The van der Waals surface area contributed by atoms with Gasteiger partial charge in [-0.2, -0.15) is 0 Å². The fourth-order valence-electron chi connectivity index (χ4n) is 2.65. The van der Waals surface area contributed by atoms with Crippen molar-refractivity contribution in [1.29, 1.82) is 0 Å². The van der Waals surface area contributed by atoms with Crippen LogP contribution in [0.3, 0.4) is 0 Å². The van der Waals surface area contributed by atoms with E-state index in [1.807, 2.05) is 14.0 Å². The molecule has 142 valence electrons. The molecule has 0 heterocycles. The molecule has 0 atom stereocenters. The summed E-state index contributed by atoms with van der Waals surface area (Å²) in [7, 11) is 1.82. The number of hydrogen-bond acceptors (Lipinski definition) is 3. The van der Waals surface area contributed by atoms with Crippen molar-refractivity contribution in [3.8, 4) is 0 Å². The Morgan fingerprint density at radius 1 is 1.04 bits per heavy atom. The van der Waals surface area contributed by atoms with Gasteiger partial charge in [0, 0.05) is 39.9 Å². The van der Waals surface area contributed by atoms with Gasteiger partial charge in [0.25, 0.3) is 0 Å². The lowest BCUT2D eigenvalue weighted by atomic mass is 10.1. The molecule has 0 spiro atoms. The summed E-state index contributed by atoms with van der Waals surface area (Å²) < 4.78 is 5.36. The summed E-state index contributed by atoms with van der Waals surface area (Å²) in [5.74, 6) is 0.856. The molecule has 25 heavy (non-hydrogen) atoms. The van der Waals surface area contributed by atoms with Crippen LogP contribution in [0.15, 0.2) is 29.3 Å². The number of nitrogens with one attached hydrogen (secondary N) is 2. The van der Waals surface area contributed by atoms with Crippen molar-refractivity contribution in [2.45, 2.75) is 46.7 Å². The van der Waals surface area contributed by atoms with Gasteiger partial charge in [-0.3, -0.25) is 9.89 Å². The maximum Gasteiger partial charge on any atom is 0.191 e. The second kappa shape index (κ2) is 13.7. The monoisotopic (exact) mass is 348 g/mol. The fourth-order valence-corrected chi connectivity index (χ4v) is 2.65. The average Bonchev–Trinajstić information content (AvgIpc) is 2.65. The molecule has 0 radical (unpaired) electrons. The molecule has 0 aromatic heterocycles. The molecule has 5 heteroatoms. The number of ether oxygens (including phenoxy) is 1. The summed E-state index contributed by atoms with van der Waals surface area (Å²) in [6.07, 6.45) is 2.16. The first-order chi connectivity index (χ1) is 12.2. The number of rotatable bonds is 12. The number of benzene rings is 1. The molecule has 0 aliphatic heterocycles. The first-order valence-corrected chi connectivity index (χ1v) is 9.56. The minimum atomic E-state index is 0.788. The molecular formula is C20H36N4O. The second-order valence-corrected chi connectivity index (χ2v) is 5.99. The van der Waals surface area contributed by atoms with Crippen LogP contribution in [0.25, 0.3) is 0 Å². The van der Waals surface area contributed by atoms with Crippen molar-refractivity contribution in [2.24, 2.45) is 4.99 Å². The minimum Gasteiger partial charge on any atom is -0.382 e. The zero-order valence-corrected chi connectivity index (χ0v) is 16.5. The molecule has 2 N–H and O–H groups in total. The summed E-state index contributed by atoms with van der Waals surface area (Å²) in [6, 6.07) is 8.64. The van der Waals surface area contributed by atoms with Crippen molar-refractivity contribution in [1.82, 2.24) is 15.5 Å². The van der Waals surface area contributed by atoms with E-state index in [2.05, 4.69) is 58.6 Å². The topological polar surface area (TPSA) is 48.9 Å². The quantitative estimate of drug-likeness (QED) is 0.346. The Hall–Kier alpha value is -1.59. The largest absolute Gasteiger partial charge is 0.382 e. The summed E-state index contributed by atoms with van der Waals surface area (Å²) >= 11 is 0. The van der Waals surface area contributed by atoms with E-state index in [0.717, 1.165) is 64.7 Å². The highest BCUT2D eigenvalue weighted by Crippen LogP contribution is 2.11. The normalized spacial score (nSPS) is 11.8. The van der Waals surface area contributed by atoms with Crippen LogP contribution in [0.1, 0.15) is 44.7 Å². The molecule has 0 aliphatic rings. The summed E-state index contributed by atoms with van der Waals surface area (Å²) in [4.78, 5) is 6.75. The number of nitrogens with zero attached hydrogens (tertiary/aromatic N) is 2. The first kappa shape index (κ1) is 21.5. The first-order valence-electron chi connectivity index (χ1n) is 9.56. The van der Waals surface area contributed by atoms with Crippen molar-refractivity contribution in [3.63, 3.8) is 0 Å². The van der Waals surface area contributed by atoms with E-state index in [-0.39, 0.29) is 0 Å². The molecule has 0 saturated heterocycles. The number of unbranched alkanes of at least 4 members (excludes halogenated alkanes) is 1. The van der Waals surface area contributed by atoms with Crippen molar-refractivity contribution >= 4 is 5.96 Å². The molecule has 1 aromatic carbocycles. The maximum absolute atomic E-state index is 5.36. The average molecular weight is 349 g/mol. The van der Waals surface area contributed by atoms with Gasteiger partial charge in [-0.15, -0.1) is 0 Å². The van der Waals surface area contributed by atoms with Gasteiger partial charge in [-0.25, -0.2) is 0 Å². The number of guanidine groups is 1. The predicted molar refractivity (Wildman–Crippen MR) is 107 cm³/mol. The molecule has 5 nitrogen and oxygen atoms in total. The Balaban J connectivity index is 2.44. The highest BCUT2D eigenvalue weighted by atomic mass is 16.5. The van der Waals surface area contributed by atoms with Crippen LogP contribution in [-0.4, -0.2) is 50.8 Å². The van der Waals surface area contributed by atoms with Crippen LogP contribution in [0, 0.1) is 0 Å². The van der Waals surface area contributed by atoms with Gasteiger partial charge in [0.15, 0.2) is 5.96 Å². The highest BCUT2D eigenvalue weighted by molar-refractivity contribution is 5.79. The fraction of sp³-hybridized carbons (Fsp3) is 0.650. The van der Waals surface area contributed by atoms with Crippen LogP contribution in [0.2, 0.25) is 0 Å². The Bertz CT molecular complexity index is 486. The molecule has 0 bridgehead atoms. The van der Waals surface area contributed by atoms with Gasteiger partial charge >= 0.3 is 0 Å². The van der Waals surface area contributed by atoms with Gasteiger partial charge in [-0.1, -0.05) is 38.1 Å². The molecule has 1 rings (SSSR count). The Morgan fingerprint density at radius 3 is 2.40 bits per heavy atom. The Morgan fingerprint density at radius 2 is 1.76 bits per heavy atom. The van der Waals surface area contributed by atoms with E-state index >= 15 is 0 Å². The van der Waals surface area contributed by atoms with E-state index < -0.39 is 0 Å². The molecule has 0 fully saturated rings. The zero-order chi connectivity index (χ0) is 18.3. The standard InChI is InChI=1S/C20H36N4O/c1-5-24(6-2)17-19-13-9-8-12-18(19)16-23-20(21-4)22-14-10-11-15-25-7-3/h8-9,12-13H,5-7,10-11,14-17H2,1-4H3,(H2,21,22,23). The summed E-state index contributed by atoms with van der Waals surface area (Å²) in [5, 5.41) is 6.80. The van der Waals surface area contributed by atoms with E-state index in [4.69, 9.17) is 4.74 Å². The number of hydrogen-bond donors (Lipinski definition) is 2. The van der Waals surface area contributed by atoms with E-state index in [1.54, 1.807) is 0 Å². The predicted octanol–water partition coefficient (Wildman–Crippen LogP) is 3.01. The zero-order valence-electron chi connectivity index (χ0n) is 16.5. The molecule has 0 unspecified atom stereocenters. The van der Waals surface area contributed by atoms with E-state index in [1.165, 1.54) is 11.1 Å². The van der Waals surface area contributed by atoms with Gasteiger partial charge in [0.2, 0.25) is 0 Å². The van der Waals surface area contributed by atoms with Crippen molar-refractivity contribution in [2.75, 3.05) is 39.9 Å². The van der Waals surface area contributed by atoms with E-state index in [0.29, 0.717) is 0 Å². The maximum atomic E-state index is 5.36. The van der Waals surface area contributed by atoms with Crippen molar-refractivity contribution < 1.29 is 4.74 Å². The minimum absolute atomic E-state index is 0.788. The van der Waals surface area contributed by atoms with Crippen LogP contribution in [-0.2, 0) is 17.8 Å². The van der Waals surface area contributed by atoms with Gasteiger partial charge in [-0.05, 0) is 44.0 Å². The van der Waals surface area contributed by atoms with Gasteiger partial charge in [0.05, 0.1) is 0 Å². The van der Waals surface area contributed by atoms with Gasteiger partial charge < -0.3 is 15.4 Å². The third-order valence-corrected chi connectivity index (χ3v) is 4.29. The molecular weight excluding hydrogens is 312 g/mol. The van der Waals surface area contributed by atoms with Crippen LogP contribution in [0.4, 0.5) is 0 Å². The van der Waals surface area contributed by atoms with Gasteiger partial charge in [0.1, 0.15) is 0 Å². The molecule has 1 aromatic rings. The Kier molecular flexibility index (Phi) is 11.7. The van der Waals surface area contributed by atoms with E-state index in [9.17, 15) is 0 Å². The smallest absolute Gasteiger partial charge is 0.191 e. The Labute approximate surface area is 153 Å². The third-order valence-electron chi connectivity index (χ3n) is 4.29. The third kappa shape index (κ3) is 8.89. The second-order valence-electron chi connectivity index (χ2n) is 5.99. The van der Waals surface area contributed by atoms with Crippen LogP contribution < -0.4 is 10.6 Å². The SMILES string of the molecule is CCOCCCCNC(=NC)NCc1ccccc1CN(CC)CC. The van der Waals surface area contributed by atoms with Crippen LogP contribution >= 0.6 is 0 Å². The van der Waals surface area contributed by atoms with Crippen LogP contribution in [0.5, 0.6) is 0 Å². The van der Waals surface area contributed by atoms with Crippen molar-refractivity contribution in [3.05, 3.63) is 35.4 Å². The summed E-state index contributed by atoms with van der Waals surface area (Å²) in [5.41, 5.74) is 2.71. The highest BCUT2D eigenvalue weighted by Gasteiger charge is 2.07. The lowest BCUT2D eigenvalue weighted by Gasteiger charge is -2.20. The molecule has 0 amide bonds. The molecule has 0 aliphatic carbocycles. The lowest BCUT2D eigenvalue weighted by Crippen LogP contribution is -2.37. The summed E-state index contributed by atoms with van der Waals surface area (Å²) in [6.45, 7) is 12.9. The molecule has 0 saturated carbocycles. The number of aliphatic imine (C=N–C) groups is 1. The lowest BCUT2D eigenvalue weighted by molar-refractivity contribution is 0.143.